The summed E-state index contributed by atoms with van der Waals surface area (Å²) >= 11 is 3.49. The fourth-order valence-electron chi connectivity index (χ4n) is 3.32. The Labute approximate surface area is 130 Å². The Morgan fingerprint density at radius 2 is 1.85 bits per heavy atom. The molecule has 1 atom stereocenters. The van der Waals surface area contributed by atoms with Crippen molar-refractivity contribution in [2.24, 2.45) is 5.92 Å². The summed E-state index contributed by atoms with van der Waals surface area (Å²) in [6, 6.07) is 5.53. The number of halogens is 2. The van der Waals surface area contributed by atoms with E-state index in [0.717, 1.165) is 16.8 Å². The fraction of sp³-hybridized carbons (Fsp3) is 0.647. The molecule has 1 aliphatic rings. The molecular formula is C17H25BrFN. The fourth-order valence-corrected chi connectivity index (χ4v) is 3.83. The molecule has 0 saturated heterocycles. The van der Waals surface area contributed by atoms with Crippen LogP contribution in [0.15, 0.2) is 22.7 Å². The highest BCUT2D eigenvalue weighted by Gasteiger charge is 2.21. The van der Waals surface area contributed by atoms with Crippen molar-refractivity contribution in [1.29, 1.82) is 0 Å². The third-order valence-electron chi connectivity index (χ3n) is 4.54. The van der Waals surface area contributed by atoms with Crippen LogP contribution in [0.5, 0.6) is 0 Å². The van der Waals surface area contributed by atoms with Crippen molar-refractivity contribution >= 4 is 15.9 Å². The molecule has 0 heterocycles. The number of hydrogen-bond donors (Lipinski definition) is 1. The summed E-state index contributed by atoms with van der Waals surface area (Å²) in [7, 11) is 2.06. The standard InChI is InChI=1S/C17H25BrFN/c1-20-17(13-7-5-3-2-4-6-8-13)11-14-9-10-15(19)12-16(14)18/h9-10,12-13,17,20H,2-8,11H2,1H3. The van der Waals surface area contributed by atoms with Crippen LogP contribution in [0, 0.1) is 11.7 Å². The molecule has 0 aliphatic heterocycles. The number of hydrogen-bond acceptors (Lipinski definition) is 1. The van der Waals surface area contributed by atoms with Crippen molar-refractivity contribution in [2.75, 3.05) is 7.05 Å². The lowest BCUT2D eigenvalue weighted by Gasteiger charge is -2.29. The summed E-state index contributed by atoms with van der Waals surface area (Å²) in [5, 5.41) is 3.50. The van der Waals surface area contributed by atoms with E-state index in [0.29, 0.717) is 6.04 Å². The van der Waals surface area contributed by atoms with Crippen molar-refractivity contribution in [3.63, 3.8) is 0 Å². The average molecular weight is 342 g/mol. The first-order valence-corrected chi connectivity index (χ1v) is 8.61. The largest absolute Gasteiger partial charge is 0.316 e. The maximum atomic E-state index is 13.2. The normalized spacial score (nSPS) is 19.4. The number of likely N-dealkylation sites (N-methyl/N-ethyl adjacent to an activating group) is 1. The van der Waals surface area contributed by atoms with Crippen molar-refractivity contribution in [1.82, 2.24) is 5.32 Å². The van der Waals surface area contributed by atoms with E-state index in [1.807, 2.05) is 6.07 Å². The zero-order valence-electron chi connectivity index (χ0n) is 12.3. The molecular weight excluding hydrogens is 317 g/mol. The predicted molar refractivity (Wildman–Crippen MR) is 86.5 cm³/mol. The smallest absolute Gasteiger partial charge is 0.124 e. The van der Waals surface area contributed by atoms with Crippen molar-refractivity contribution in [2.45, 2.75) is 57.4 Å². The third-order valence-corrected chi connectivity index (χ3v) is 5.28. The van der Waals surface area contributed by atoms with Crippen molar-refractivity contribution < 1.29 is 4.39 Å². The highest BCUT2D eigenvalue weighted by atomic mass is 79.9. The third kappa shape index (κ3) is 4.56. The summed E-state index contributed by atoms with van der Waals surface area (Å²) in [4.78, 5) is 0. The van der Waals surface area contributed by atoms with Crippen LogP contribution in [0.25, 0.3) is 0 Å². The summed E-state index contributed by atoms with van der Waals surface area (Å²) in [5.41, 5.74) is 1.20. The molecule has 20 heavy (non-hydrogen) atoms. The van der Waals surface area contributed by atoms with Gasteiger partial charge in [0.15, 0.2) is 0 Å². The van der Waals surface area contributed by atoms with Gasteiger partial charge in [-0.25, -0.2) is 4.39 Å². The van der Waals surface area contributed by atoms with Gasteiger partial charge in [0, 0.05) is 10.5 Å². The molecule has 1 N–H and O–H groups in total. The van der Waals surface area contributed by atoms with E-state index < -0.39 is 0 Å². The lowest BCUT2D eigenvalue weighted by atomic mass is 9.83. The van der Waals surface area contributed by atoms with E-state index >= 15 is 0 Å². The second-order valence-corrected chi connectivity index (χ2v) is 6.79. The van der Waals surface area contributed by atoms with Gasteiger partial charge in [-0.05, 0) is 49.9 Å². The van der Waals surface area contributed by atoms with Gasteiger partial charge in [0.05, 0.1) is 0 Å². The molecule has 1 nitrogen and oxygen atoms in total. The average Bonchev–Trinajstić information content (AvgIpc) is 2.39. The minimum absolute atomic E-state index is 0.174. The molecule has 1 aliphatic carbocycles. The first-order chi connectivity index (χ1) is 9.70. The molecule has 1 aromatic carbocycles. The van der Waals surface area contributed by atoms with Crippen molar-refractivity contribution in [3.05, 3.63) is 34.1 Å². The molecule has 112 valence electrons. The highest BCUT2D eigenvalue weighted by molar-refractivity contribution is 9.10. The maximum Gasteiger partial charge on any atom is 0.124 e. The van der Waals surface area contributed by atoms with Crippen LogP contribution in [-0.4, -0.2) is 13.1 Å². The van der Waals surface area contributed by atoms with E-state index in [1.165, 1.54) is 50.5 Å². The summed E-state index contributed by atoms with van der Waals surface area (Å²) in [6.45, 7) is 0. The molecule has 0 amide bonds. The van der Waals surface area contributed by atoms with E-state index in [2.05, 4.69) is 28.3 Å². The number of nitrogens with one attached hydrogen (secondary N) is 1. The molecule has 1 fully saturated rings. The Morgan fingerprint density at radius 3 is 2.45 bits per heavy atom. The highest BCUT2D eigenvalue weighted by Crippen LogP contribution is 2.28. The summed E-state index contributed by atoms with van der Waals surface area (Å²) in [5.74, 6) is 0.574. The van der Waals surface area contributed by atoms with Gasteiger partial charge in [0.2, 0.25) is 0 Å². The van der Waals surface area contributed by atoms with E-state index in [-0.39, 0.29) is 5.82 Å². The van der Waals surface area contributed by atoms with E-state index in [9.17, 15) is 4.39 Å². The zero-order valence-corrected chi connectivity index (χ0v) is 13.9. The van der Waals surface area contributed by atoms with Crippen LogP contribution in [0.1, 0.15) is 50.5 Å². The maximum absolute atomic E-state index is 13.2. The van der Waals surface area contributed by atoms with Gasteiger partial charge in [-0.3, -0.25) is 0 Å². The Kier molecular flexibility index (Phi) is 6.50. The van der Waals surface area contributed by atoms with Crippen LogP contribution < -0.4 is 5.32 Å². The van der Waals surface area contributed by atoms with Gasteiger partial charge < -0.3 is 5.32 Å². The van der Waals surface area contributed by atoms with Crippen molar-refractivity contribution in [3.8, 4) is 0 Å². The Bertz CT molecular complexity index is 413. The van der Waals surface area contributed by atoms with Crippen LogP contribution in [0.2, 0.25) is 0 Å². The Hall–Kier alpha value is -0.410. The predicted octanol–water partition coefficient (Wildman–Crippen LogP) is 5.08. The monoisotopic (exact) mass is 341 g/mol. The molecule has 0 bridgehead atoms. The second kappa shape index (κ2) is 8.14. The van der Waals surface area contributed by atoms with Gasteiger partial charge >= 0.3 is 0 Å². The van der Waals surface area contributed by atoms with Gasteiger partial charge in [0.1, 0.15) is 5.82 Å². The van der Waals surface area contributed by atoms with E-state index in [1.54, 1.807) is 12.1 Å². The minimum Gasteiger partial charge on any atom is -0.316 e. The van der Waals surface area contributed by atoms with Crippen LogP contribution in [0.4, 0.5) is 4.39 Å². The van der Waals surface area contributed by atoms with Gasteiger partial charge in [-0.15, -0.1) is 0 Å². The van der Waals surface area contributed by atoms with E-state index in [4.69, 9.17) is 0 Å². The van der Waals surface area contributed by atoms with Gasteiger partial charge in [-0.2, -0.15) is 0 Å². The molecule has 0 spiro atoms. The SMILES string of the molecule is CNC(Cc1ccc(F)cc1Br)C1CCCCCCC1. The van der Waals surface area contributed by atoms with Crippen LogP contribution in [0.3, 0.4) is 0 Å². The summed E-state index contributed by atoms with van der Waals surface area (Å²) in [6.07, 6.45) is 10.5. The molecule has 2 rings (SSSR count). The molecule has 1 saturated carbocycles. The number of rotatable bonds is 4. The van der Waals surface area contributed by atoms with Crippen LogP contribution in [-0.2, 0) is 6.42 Å². The second-order valence-electron chi connectivity index (χ2n) is 5.94. The Balaban J connectivity index is 2.03. The first-order valence-electron chi connectivity index (χ1n) is 7.82. The minimum atomic E-state index is -0.174. The summed E-state index contributed by atoms with van der Waals surface area (Å²) < 4.78 is 14.1. The number of benzene rings is 1. The van der Waals surface area contributed by atoms with Crippen LogP contribution >= 0.6 is 15.9 Å². The molecule has 3 heteroatoms. The molecule has 1 unspecified atom stereocenters. The zero-order chi connectivity index (χ0) is 14.4. The quantitative estimate of drug-likeness (QED) is 0.805. The lowest BCUT2D eigenvalue weighted by molar-refractivity contribution is 0.293. The molecule has 1 aromatic rings. The topological polar surface area (TPSA) is 12.0 Å². The Morgan fingerprint density at radius 1 is 1.20 bits per heavy atom. The van der Waals surface area contributed by atoms with Gasteiger partial charge in [-0.1, -0.05) is 54.1 Å². The lowest BCUT2D eigenvalue weighted by Crippen LogP contribution is -2.36. The molecule has 0 aromatic heterocycles. The first kappa shape index (κ1) is 16.0. The molecule has 0 radical (unpaired) electrons. The van der Waals surface area contributed by atoms with Gasteiger partial charge in [0.25, 0.3) is 0 Å².